The van der Waals surface area contributed by atoms with Crippen molar-refractivity contribution in [2.24, 2.45) is 0 Å². The van der Waals surface area contributed by atoms with E-state index in [4.69, 9.17) is 5.26 Å². The summed E-state index contributed by atoms with van der Waals surface area (Å²) in [5.41, 5.74) is 2.92. The largest absolute Gasteiger partial charge is 0.347 e. The molecule has 1 aromatic carbocycles. The minimum absolute atomic E-state index is 0.0169. The fraction of sp³-hybridized carbons (Fsp3) is 0.294. The number of nitriles is 1. The van der Waals surface area contributed by atoms with E-state index in [-0.39, 0.29) is 5.91 Å². The molecule has 0 aliphatic heterocycles. The molecule has 0 fully saturated rings. The summed E-state index contributed by atoms with van der Waals surface area (Å²) >= 11 is 1.62. The fourth-order valence-electron chi connectivity index (χ4n) is 2.62. The van der Waals surface area contributed by atoms with Gasteiger partial charge in [-0.15, -0.1) is 11.3 Å². The van der Waals surface area contributed by atoms with Crippen molar-refractivity contribution in [1.29, 1.82) is 5.26 Å². The predicted octanol–water partition coefficient (Wildman–Crippen LogP) is 3.43. The van der Waals surface area contributed by atoms with Gasteiger partial charge in [-0.1, -0.05) is 12.1 Å². The first-order chi connectivity index (χ1) is 10.3. The van der Waals surface area contributed by atoms with Crippen LogP contribution in [0.1, 0.15) is 44.1 Å². The first-order valence-electron chi connectivity index (χ1n) is 7.15. The maximum atomic E-state index is 12.2. The topological polar surface area (TPSA) is 52.9 Å². The first kappa shape index (κ1) is 13.8. The van der Waals surface area contributed by atoms with Gasteiger partial charge in [0.15, 0.2) is 0 Å². The lowest BCUT2D eigenvalue weighted by atomic mass is 9.99. The van der Waals surface area contributed by atoms with Gasteiger partial charge in [-0.3, -0.25) is 4.79 Å². The Morgan fingerprint density at radius 2 is 2.14 bits per heavy atom. The van der Waals surface area contributed by atoms with Gasteiger partial charge in [0, 0.05) is 11.4 Å². The molecule has 2 aromatic rings. The van der Waals surface area contributed by atoms with Crippen LogP contribution in [0.3, 0.4) is 0 Å². The highest BCUT2D eigenvalue weighted by atomic mass is 32.1. The zero-order chi connectivity index (χ0) is 14.7. The Morgan fingerprint density at radius 3 is 2.95 bits per heavy atom. The summed E-state index contributed by atoms with van der Waals surface area (Å²) < 4.78 is 0. The molecule has 21 heavy (non-hydrogen) atoms. The molecule has 106 valence electrons. The van der Waals surface area contributed by atoms with E-state index in [2.05, 4.69) is 11.4 Å². The van der Waals surface area contributed by atoms with Crippen molar-refractivity contribution < 1.29 is 4.79 Å². The molecule has 1 aromatic heterocycles. The summed E-state index contributed by atoms with van der Waals surface area (Å²) in [5.74, 6) is -0.0169. The van der Waals surface area contributed by atoms with Gasteiger partial charge in [0.05, 0.1) is 16.5 Å². The monoisotopic (exact) mass is 296 g/mol. The Labute approximate surface area is 128 Å². The number of fused-ring (bicyclic) bond motifs is 1. The van der Waals surface area contributed by atoms with Crippen LogP contribution in [0.4, 0.5) is 0 Å². The number of carbonyl (C=O) groups excluding carboxylic acids is 1. The van der Waals surface area contributed by atoms with Gasteiger partial charge in [-0.05, 0) is 55.0 Å². The van der Waals surface area contributed by atoms with E-state index in [9.17, 15) is 4.79 Å². The van der Waals surface area contributed by atoms with E-state index < -0.39 is 0 Å². The molecule has 1 amide bonds. The van der Waals surface area contributed by atoms with E-state index in [1.165, 1.54) is 23.3 Å². The van der Waals surface area contributed by atoms with Gasteiger partial charge in [0.1, 0.15) is 0 Å². The van der Waals surface area contributed by atoms with E-state index in [1.807, 2.05) is 18.2 Å². The van der Waals surface area contributed by atoms with Crippen molar-refractivity contribution in [3.8, 4) is 6.07 Å². The lowest BCUT2D eigenvalue weighted by molar-refractivity contribution is 0.0955. The lowest BCUT2D eigenvalue weighted by Crippen LogP contribution is -2.21. The molecule has 0 saturated carbocycles. The van der Waals surface area contributed by atoms with Crippen LogP contribution < -0.4 is 5.32 Å². The molecule has 0 radical (unpaired) electrons. The number of nitrogens with zero attached hydrogens (tertiary/aromatic N) is 1. The van der Waals surface area contributed by atoms with Crippen molar-refractivity contribution in [2.45, 2.75) is 32.2 Å². The second-order valence-electron chi connectivity index (χ2n) is 5.26. The standard InChI is InChI=1S/C17H16N2OS/c18-10-12-4-3-5-13(8-12)11-19-17(20)16-9-14-6-1-2-7-15(14)21-16/h3-5,8-9H,1-2,6-7,11H2,(H,19,20). The van der Waals surface area contributed by atoms with Gasteiger partial charge >= 0.3 is 0 Å². The Balaban J connectivity index is 1.66. The van der Waals surface area contributed by atoms with Crippen molar-refractivity contribution in [3.05, 3.63) is 56.8 Å². The number of rotatable bonds is 3. The Bertz CT molecular complexity index is 688. The molecule has 1 aliphatic carbocycles. The highest BCUT2D eigenvalue weighted by Gasteiger charge is 2.16. The third kappa shape index (κ3) is 3.14. The van der Waals surface area contributed by atoms with Crippen LogP contribution in [0.5, 0.6) is 0 Å². The molecule has 3 nitrogen and oxygen atoms in total. The molecule has 0 bridgehead atoms. The average Bonchev–Trinajstić information content (AvgIpc) is 2.97. The van der Waals surface area contributed by atoms with Gasteiger partial charge in [-0.25, -0.2) is 0 Å². The van der Waals surface area contributed by atoms with Crippen LogP contribution in [0, 0.1) is 11.3 Å². The second kappa shape index (κ2) is 6.11. The molecular formula is C17H16N2OS. The van der Waals surface area contributed by atoms with Gasteiger partial charge in [0.25, 0.3) is 5.91 Å². The van der Waals surface area contributed by atoms with Crippen molar-refractivity contribution in [3.63, 3.8) is 0 Å². The van der Waals surface area contributed by atoms with Crippen LogP contribution in [0.15, 0.2) is 30.3 Å². The molecule has 1 aliphatic rings. The summed E-state index contributed by atoms with van der Waals surface area (Å²) in [6.07, 6.45) is 4.67. The van der Waals surface area contributed by atoms with E-state index in [0.717, 1.165) is 23.3 Å². The van der Waals surface area contributed by atoms with Crippen molar-refractivity contribution >= 4 is 17.2 Å². The second-order valence-corrected chi connectivity index (χ2v) is 6.40. The van der Waals surface area contributed by atoms with Gasteiger partial charge in [0.2, 0.25) is 0 Å². The van der Waals surface area contributed by atoms with E-state index in [1.54, 1.807) is 23.5 Å². The molecule has 1 heterocycles. The number of hydrogen-bond acceptors (Lipinski definition) is 3. The molecule has 0 saturated heterocycles. The number of aryl methyl sites for hydroxylation is 2. The molecule has 0 spiro atoms. The number of benzene rings is 1. The summed E-state index contributed by atoms with van der Waals surface area (Å²) in [6.45, 7) is 0.455. The zero-order valence-corrected chi connectivity index (χ0v) is 12.5. The minimum Gasteiger partial charge on any atom is -0.347 e. The zero-order valence-electron chi connectivity index (χ0n) is 11.7. The highest BCUT2D eigenvalue weighted by molar-refractivity contribution is 7.14. The normalized spacial score (nSPS) is 13.3. The molecule has 3 rings (SSSR count). The quantitative estimate of drug-likeness (QED) is 0.943. The van der Waals surface area contributed by atoms with Crippen LogP contribution >= 0.6 is 11.3 Å². The Morgan fingerprint density at radius 1 is 1.29 bits per heavy atom. The number of carbonyl (C=O) groups is 1. The SMILES string of the molecule is N#Cc1cccc(CNC(=O)c2cc3c(s2)CCCC3)c1. The maximum Gasteiger partial charge on any atom is 0.261 e. The van der Waals surface area contributed by atoms with Gasteiger partial charge < -0.3 is 5.32 Å². The summed E-state index contributed by atoms with van der Waals surface area (Å²) in [5, 5.41) is 11.8. The van der Waals surface area contributed by atoms with Crippen LogP contribution in [-0.2, 0) is 19.4 Å². The van der Waals surface area contributed by atoms with Crippen molar-refractivity contribution in [2.75, 3.05) is 0 Å². The number of nitrogens with one attached hydrogen (secondary N) is 1. The molecule has 4 heteroatoms. The minimum atomic E-state index is -0.0169. The lowest BCUT2D eigenvalue weighted by Gasteiger charge is -2.08. The smallest absolute Gasteiger partial charge is 0.261 e. The molecule has 0 atom stereocenters. The molecule has 0 unspecified atom stereocenters. The summed E-state index contributed by atoms with van der Waals surface area (Å²) in [7, 11) is 0. The summed E-state index contributed by atoms with van der Waals surface area (Å²) in [4.78, 5) is 14.4. The molecular weight excluding hydrogens is 280 g/mol. The number of amides is 1. The van der Waals surface area contributed by atoms with Crippen LogP contribution in [0.2, 0.25) is 0 Å². The highest BCUT2D eigenvalue weighted by Crippen LogP contribution is 2.29. The fourth-order valence-corrected chi connectivity index (χ4v) is 3.79. The predicted molar refractivity (Wildman–Crippen MR) is 83.3 cm³/mol. The first-order valence-corrected chi connectivity index (χ1v) is 7.97. The van der Waals surface area contributed by atoms with E-state index in [0.29, 0.717) is 12.1 Å². The maximum absolute atomic E-state index is 12.2. The number of thiophene rings is 1. The van der Waals surface area contributed by atoms with Crippen LogP contribution in [-0.4, -0.2) is 5.91 Å². The number of hydrogen-bond donors (Lipinski definition) is 1. The Hall–Kier alpha value is -2.12. The van der Waals surface area contributed by atoms with Crippen molar-refractivity contribution in [1.82, 2.24) is 5.32 Å². The Kier molecular flexibility index (Phi) is 4.03. The van der Waals surface area contributed by atoms with Gasteiger partial charge in [-0.2, -0.15) is 5.26 Å². The molecule has 1 N–H and O–H groups in total. The average molecular weight is 296 g/mol. The van der Waals surface area contributed by atoms with E-state index >= 15 is 0 Å². The summed E-state index contributed by atoms with van der Waals surface area (Å²) in [6, 6.07) is 11.5. The third-order valence-electron chi connectivity index (χ3n) is 3.73. The third-order valence-corrected chi connectivity index (χ3v) is 4.97. The van der Waals surface area contributed by atoms with Crippen LogP contribution in [0.25, 0.3) is 0 Å².